The zero-order valence-electron chi connectivity index (χ0n) is 4.63. The van der Waals surface area contributed by atoms with Gasteiger partial charge in [-0.15, -0.1) is 11.8 Å². The summed E-state index contributed by atoms with van der Waals surface area (Å²) in [4.78, 5) is 10.7. The van der Waals surface area contributed by atoms with Crippen molar-refractivity contribution in [2.24, 2.45) is 0 Å². The Morgan fingerprint density at radius 2 is 2.50 bits per heavy atom. The Hall–Kier alpha value is 0.370. The van der Waals surface area contributed by atoms with Gasteiger partial charge in [0, 0.05) is 5.25 Å². The van der Waals surface area contributed by atoms with Crippen molar-refractivity contribution in [3.63, 3.8) is 0 Å². The molecule has 1 aliphatic rings. The summed E-state index contributed by atoms with van der Waals surface area (Å²) in [5.74, 6) is 0.945. The van der Waals surface area contributed by atoms with Crippen molar-refractivity contribution in [2.45, 2.75) is 17.4 Å². The quantitative estimate of drug-likeness (QED) is 0.516. The van der Waals surface area contributed by atoms with Crippen molar-refractivity contribution in [3.8, 4) is 0 Å². The number of Topliss-reactive ketones (excluding diaryl/α,β-unsaturated/α-hetero) is 1. The smallest absolute Gasteiger partial charge is 0.156 e. The van der Waals surface area contributed by atoms with E-state index in [1.54, 1.807) is 11.8 Å². The van der Waals surface area contributed by atoms with Gasteiger partial charge in [0.25, 0.3) is 0 Å². The van der Waals surface area contributed by atoms with Crippen LogP contribution in [0.2, 0.25) is 0 Å². The molecule has 2 atom stereocenters. The molecule has 8 heavy (non-hydrogen) atoms. The van der Waals surface area contributed by atoms with E-state index in [1.807, 2.05) is 6.92 Å². The molecule has 1 aliphatic heterocycles. The first-order valence-corrected chi connectivity index (χ1v) is 4.10. The van der Waals surface area contributed by atoms with Crippen LogP contribution in [0.25, 0.3) is 0 Å². The SMILES string of the molecule is CC1SCC(=O)C1S. The number of ketones is 1. The van der Waals surface area contributed by atoms with Crippen LogP contribution in [-0.2, 0) is 4.79 Å². The molecule has 0 radical (unpaired) electrons. The van der Waals surface area contributed by atoms with Crippen molar-refractivity contribution in [1.29, 1.82) is 0 Å². The first-order chi connectivity index (χ1) is 3.72. The molecular weight excluding hydrogens is 140 g/mol. The van der Waals surface area contributed by atoms with Gasteiger partial charge in [0.1, 0.15) is 0 Å². The number of hydrogen-bond acceptors (Lipinski definition) is 3. The minimum Gasteiger partial charge on any atom is -0.297 e. The molecule has 0 N–H and O–H groups in total. The molecule has 0 aliphatic carbocycles. The van der Waals surface area contributed by atoms with Crippen LogP contribution in [0, 0.1) is 0 Å². The molecule has 0 amide bonds. The Morgan fingerprint density at radius 1 is 1.88 bits per heavy atom. The van der Waals surface area contributed by atoms with E-state index >= 15 is 0 Å². The Balaban J connectivity index is 2.56. The van der Waals surface area contributed by atoms with Crippen molar-refractivity contribution in [3.05, 3.63) is 0 Å². The number of rotatable bonds is 0. The fraction of sp³-hybridized carbons (Fsp3) is 0.800. The summed E-state index contributed by atoms with van der Waals surface area (Å²) in [6, 6.07) is 0. The molecule has 0 bridgehead atoms. The zero-order valence-corrected chi connectivity index (χ0v) is 6.34. The number of carbonyl (C=O) groups excluding carboxylic acids is 1. The maximum Gasteiger partial charge on any atom is 0.156 e. The molecule has 2 unspecified atom stereocenters. The molecule has 3 heteroatoms. The van der Waals surface area contributed by atoms with Gasteiger partial charge < -0.3 is 0 Å². The third kappa shape index (κ3) is 1.03. The Kier molecular flexibility index (Phi) is 1.88. The van der Waals surface area contributed by atoms with Gasteiger partial charge in [-0.2, -0.15) is 12.6 Å². The second-order valence-corrected chi connectivity index (χ2v) is 3.85. The van der Waals surface area contributed by atoms with E-state index in [-0.39, 0.29) is 11.0 Å². The summed E-state index contributed by atoms with van der Waals surface area (Å²) in [6.07, 6.45) is 0. The Labute approximate surface area is 58.6 Å². The second kappa shape index (κ2) is 2.31. The van der Waals surface area contributed by atoms with E-state index in [4.69, 9.17) is 0 Å². The summed E-state index contributed by atoms with van der Waals surface area (Å²) in [7, 11) is 0. The van der Waals surface area contributed by atoms with E-state index in [2.05, 4.69) is 12.6 Å². The summed E-state index contributed by atoms with van der Waals surface area (Å²) in [5, 5.41) is 0.422. The lowest BCUT2D eigenvalue weighted by atomic mass is 10.2. The Bertz CT molecular complexity index is 113. The normalized spacial score (nSPS) is 38.5. The minimum atomic E-state index is -0.000000000000000222. The average molecular weight is 148 g/mol. The molecule has 0 aromatic rings. The lowest BCUT2D eigenvalue weighted by Crippen LogP contribution is -2.15. The molecule has 1 rings (SSSR count). The van der Waals surface area contributed by atoms with E-state index in [9.17, 15) is 4.79 Å². The molecular formula is C5H8OS2. The number of thioether (sulfide) groups is 1. The number of hydrogen-bond donors (Lipinski definition) is 1. The molecule has 1 nitrogen and oxygen atoms in total. The van der Waals surface area contributed by atoms with Crippen molar-refractivity contribution >= 4 is 30.2 Å². The molecule has 0 aromatic heterocycles. The monoisotopic (exact) mass is 148 g/mol. The summed E-state index contributed by atoms with van der Waals surface area (Å²) >= 11 is 5.80. The van der Waals surface area contributed by atoms with E-state index in [0.29, 0.717) is 11.0 Å². The highest BCUT2D eigenvalue weighted by Crippen LogP contribution is 2.26. The van der Waals surface area contributed by atoms with Gasteiger partial charge in [-0.25, -0.2) is 0 Å². The summed E-state index contributed by atoms with van der Waals surface area (Å²) < 4.78 is 0. The standard InChI is InChI=1S/C5H8OS2/c1-3-5(7)4(6)2-8-3/h3,5,7H,2H2,1H3. The van der Waals surface area contributed by atoms with Gasteiger partial charge >= 0.3 is 0 Å². The average Bonchev–Trinajstić information content (AvgIpc) is 1.98. The van der Waals surface area contributed by atoms with Gasteiger partial charge in [-0.05, 0) is 0 Å². The lowest BCUT2D eigenvalue weighted by molar-refractivity contribution is -0.115. The molecule has 0 aromatic carbocycles. The highest BCUT2D eigenvalue weighted by atomic mass is 32.2. The van der Waals surface area contributed by atoms with Gasteiger partial charge in [0.15, 0.2) is 5.78 Å². The van der Waals surface area contributed by atoms with Crippen LogP contribution >= 0.6 is 24.4 Å². The molecule has 1 heterocycles. The first-order valence-electron chi connectivity index (χ1n) is 2.54. The van der Waals surface area contributed by atoms with Gasteiger partial charge in [-0.3, -0.25) is 4.79 Å². The molecule has 1 fully saturated rings. The molecule has 0 saturated carbocycles. The van der Waals surface area contributed by atoms with Crippen molar-refractivity contribution < 1.29 is 4.79 Å². The van der Waals surface area contributed by atoms with Gasteiger partial charge in [0.05, 0.1) is 11.0 Å². The van der Waals surface area contributed by atoms with Crippen LogP contribution in [0.3, 0.4) is 0 Å². The zero-order chi connectivity index (χ0) is 6.15. The number of carbonyl (C=O) groups is 1. The minimum absolute atomic E-state index is 0.000000000000000222. The van der Waals surface area contributed by atoms with Crippen LogP contribution in [0.1, 0.15) is 6.92 Å². The predicted molar refractivity (Wildman–Crippen MR) is 39.7 cm³/mol. The molecule has 1 saturated heterocycles. The molecule has 0 spiro atoms. The van der Waals surface area contributed by atoms with Crippen molar-refractivity contribution in [2.75, 3.05) is 5.75 Å². The van der Waals surface area contributed by atoms with Crippen molar-refractivity contribution in [1.82, 2.24) is 0 Å². The van der Waals surface area contributed by atoms with E-state index < -0.39 is 0 Å². The summed E-state index contributed by atoms with van der Waals surface area (Å²) in [5.41, 5.74) is 0. The van der Waals surface area contributed by atoms with Gasteiger partial charge in [0.2, 0.25) is 0 Å². The predicted octanol–water partition coefficient (Wildman–Crippen LogP) is 0.989. The van der Waals surface area contributed by atoms with Crippen LogP contribution in [-0.4, -0.2) is 22.0 Å². The topological polar surface area (TPSA) is 17.1 Å². The third-order valence-electron chi connectivity index (χ3n) is 1.26. The lowest BCUT2D eigenvalue weighted by Gasteiger charge is -2.01. The highest BCUT2D eigenvalue weighted by molar-refractivity contribution is 8.02. The Morgan fingerprint density at radius 3 is 2.62 bits per heavy atom. The van der Waals surface area contributed by atoms with E-state index in [1.165, 1.54) is 0 Å². The third-order valence-corrected chi connectivity index (χ3v) is 3.45. The highest BCUT2D eigenvalue weighted by Gasteiger charge is 2.28. The number of thiol groups is 1. The maximum absolute atomic E-state index is 10.7. The second-order valence-electron chi connectivity index (χ2n) is 1.93. The van der Waals surface area contributed by atoms with Gasteiger partial charge in [-0.1, -0.05) is 6.92 Å². The summed E-state index contributed by atoms with van der Waals surface area (Å²) in [6.45, 7) is 2.03. The first kappa shape index (κ1) is 6.49. The largest absolute Gasteiger partial charge is 0.297 e. The van der Waals surface area contributed by atoms with Crippen LogP contribution < -0.4 is 0 Å². The fourth-order valence-corrected chi connectivity index (χ4v) is 2.07. The van der Waals surface area contributed by atoms with Crippen LogP contribution in [0.15, 0.2) is 0 Å². The van der Waals surface area contributed by atoms with E-state index in [0.717, 1.165) is 0 Å². The maximum atomic E-state index is 10.7. The van der Waals surface area contributed by atoms with Crippen LogP contribution in [0.5, 0.6) is 0 Å². The fourth-order valence-electron chi connectivity index (χ4n) is 0.652. The van der Waals surface area contributed by atoms with Crippen LogP contribution in [0.4, 0.5) is 0 Å². The molecule has 46 valence electrons.